The van der Waals surface area contributed by atoms with Gasteiger partial charge in [0.1, 0.15) is 5.82 Å². The van der Waals surface area contributed by atoms with Gasteiger partial charge in [0, 0.05) is 31.5 Å². The Morgan fingerprint density at radius 2 is 2.04 bits per heavy atom. The lowest BCUT2D eigenvalue weighted by Gasteiger charge is -2.13. The lowest BCUT2D eigenvalue weighted by molar-refractivity contribution is 0.120. The Balaban J connectivity index is 1.61. The van der Waals surface area contributed by atoms with Gasteiger partial charge in [-0.05, 0) is 37.8 Å². The van der Waals surface area contributed by atoms with E-state index in [2.05, 4.69) is 51.8 Å². The maximum atomic E-state index is 5.63. The Kier molecular flexibility index (Phi) is 5.08. The average molecular weight is 312 g/mol. The first-order valence-corrected chi connectivity index (χ1v) is 8.20. The molecule has 0 saturated carbocycles. The molecule has 0 aliphatic carbocycles. The summed E-state index contributed by atoms with van der Waals surface area (Å²) in [6.07, 6.45) is 2.57. The number of nitrogens with zero attached hydrogens (tertiary/aromatic N) is 2. The molecule has 1 aliphatic rings. The van der Waals surface area contributed by atoms with Crippen LogP contribution in [-0.2, 0) is 11.3 Å². The molecular formula is C18H24N4O. The van der Waals surface area contributed by atoms with Crippen LogP contribution in [0.15, 0.2) is 30.3 Å². The van der Waals surface area contributed by atoms with E-state index < -0.39 is 0 Å². The number of benzene rings is 1. The number of anilines is 2. The Labute approximate surface area is 137 Å². The summed E-state index contributed by atoms with van der Waals surface area (Å²) in [4.78, 5) is 9.02. The predicted octanol–water partition coefficient (Wildman–Crippen LogP) is 3.30. The summed E-state index contributed by atoms with van der Waals surface area (Å²) < 4.78 is 5.63. The maximum Gasteiger partial charge on any atom is 0.225 e. The minimum atomic E-state index is 0.300. The molecule has 5 nitrogen and oxygen atoms in total. The molecule has 122 valence electrons. The van der Waals surface area contributed by atoms with Gasteiger partial charge in [0.25, 0.3) is 0 Å². The summed E-state index contributed by atoms with van der Waals surface area (Å²) in [6, 6.07) is 10.3. The lowest BCUT2D eigenvalue weighted by Crippen LogP contribution is -2.19. The first-order chi connectivity index (χ1) is 11.2. The summed E-state index contributed by atoms with van der Waals surface area (Å²) in [5.41, 5.74) is 3.47. The SMILES string of the molecule is Cc1cc(NCC2CCCO2)nc(NCc2ccccc2C)n1. The van der Waals surface area contributed by atoms with Crippen LogP contribution >= 0.6 is 0 Å². The van der Waals surface area contributed by atoms with Crippen molar-refractivity contribution < 1.29 is 4.74 Å². The van der Waals surface area contributed by atoms with Gasteiger partial charge in [0.05, 0.1) is 6.10 Å². The van der Waals surface area contributed by atoms with E-state index in [1.807, 2.05) is 13.0 Å². The van der Waals surface area contributed by atoms with Crippen LogP contribution in [0.4, 0.5) is 11.8 Å². The van der Waals surface area contributed by atoms with Gasteiger partial charge in [-0.15, -0.1) is 0 Å². The predicted molar refractivity (Wildman–Crippen MR) is 92.7 cm³/mol. The molecule has 1 aromatic heterocycles. The van der Waals surface area contributed by atoms with Crippen molar-refractivity contribution >= 4 is 11.8 Å². The van der Waals surface area contributed by atoms with Crippen molar-refractivity contribution in [2.45, 2.75) is 39.3 Å². The summed E-state index contributed by atoms with van der Waals surface area (Å²) in [6.45, 7) is 6.49. The number of rotatable bonds is 6. The van der Waals surface area contributed by atoms with Gasteiger partial charge in [-0.2, -0.15) is 4.98 Å². The zero-order valence-corrected chi connectivity index (χ0v) is 13.8. The van der Waals surface area contributed by atoms with Crippen LogP contribution < -0.4 is 10.6 Å². The smallest absolute Gasteiger partial charge is 0.225 e. The van der Waals surface area contributed by atoms with Crippen LogP contribution in [0.5, 0.6) is 0 Å². The van der Waals surface area contributed by atoms with Crippen molar-refractivity contribution in [2.75, 3.05) is 23.8 Å². The summed E-state index contributed by atoms with van der Waals surface area (Å²) in [7, 11) is 0. The van der Waals surface area contributed by atoms with Crippen molar-refractivity contribution in [3.05, 3.63) is 47.2 Å². The second-order valence-electron chi connectivity index (χ2n) is 6.01. The molecule has 1 fully saturated rings. The number of ether oxygens (including phenoxy) is 1. The number of nitrogens with one attached hydrogen (secondary N) is 2. The molecule has 2 heterocycles. The molecule has 1 unspecified atom stereocenters. The van der Waals surface area contributed by atoms with Gasteiger partial charge in [-0.1, -0.05) is 24.3 Å². The molecule has 1 aromatic carbocycles. The van der Waals surface area contributed by atoms with Crippen molar-refractivity contribution in [3.63, 3.8) is 0 Å². The van der Waals surface area contributed by atoms with Crippen LogP contribution in [0, 0.1) is 13.8 Å². The van der Waals surface area contributed by atoms with E-state index in [0.717, 1.165) is 44.0 Å². The average Bonchev–Trinajstić information content (AvgIpc) is 3.05. The van der Waals surface area contributed by atoms with E-state index in [1.165, 1.54) is 11.1 Å². The zero-order chi connectivity index (χ0) is 16.1. The van der Waals surface area contributed by atoms with Crippen LogP contribution in [0.2, 0.25) is 0 Å². The molecule has 5 heteroatoms. The fourth-order valence-electron chi connectivity index (χ4n) is 2.74. The highest BCUT2D eigenvalue weighted by atomic mass is 16.5. The van der Waals surface area contributed by atoms with Gasteiger partial charge in [0.2, 0.25) is 5.95 Å². The standard InChI is InChI=1S/C18H24N4O/c1-13-6-3-4-7-15(13)11-20-18-21-14(2)10-17(22-18)19-12-16-8-5-9-23-16/h3-4,6-7,10,16H,5,8-9,11-12H2,1-2H3,(H2,19,20,21,22). The van der Waals surface area contributed by atoms with Gasteiger partial charge in [-0.3, -0.25) is 0 Å². The normalized spacial score (nSPS) is 17.2. The number of hydrogen-bond acceptors (Lipinski definition) is 5. The van der Waals surface area contributed by atoms with Crippen LogP contribution in [0.3, 0.4) is 0 Å². The van der Waals surface area contributed by atoms with Gasteiger partial charge in [0.15, 0.2) is 0 Å². The molecule has 0 bridgehead atoms. The van der Waals surface area contributed by atoms with E-state index in [4.69, 9.17) is 4.74 Å². The quantitative estimate of drug-likeness (QED) is 0.857. The summed E-state index contributed by atoms with van der Waals surface area (Å²) in [5, 5.41) is 6.68. The van der Waals surface area contributed by atoms with E-state index in [9.17, 15) is 0 Å². The zero-order valence-electron chi connectivity index (χ0n) is 13.8. The minimum Gasteiger partial charge on any atom is -0.376 e. The summed E-state index contributed by atoms with van der Waals surface area (Å²) >= 11 is 0. The Morgan fingerprint density at radius 3 is 2.83 bits per heavy atom. The fraction of sp³-hybridized carbons (Fsp3) is 0.444. The van der Waals surface area contributed by atoms with Gasteiger partial charge >= 0.3 is 0 Å². The highest BCUT2D eigenvalue weighted by Crippen LogP contribution is 2.15. The second kappa shape index (κ2) is 7.42. The van der Waals surface area contributed by atoms with Crippen molar-refractivity contribution in [1.82, 2.24) is 9.97 Å². The Bertz CT molecular complexity index is 653. The molecule has 23 heavy (non-hydrogen) atoms. The molecular weight excluding hydrogens is 288 g/mol. The minimum absolute atomic E-state index is 0.300. The third-order valence-electron chi connectivity index (χ3n) is 4.09. The van der Waals surface area contributed by atoms with E-state index in [0.29, 0.717) is 12.1 Å². The van der Waals surface area contributed by atoms with Crippen molar-refractivity contribution in [1.29, 1.82) is 0 Å². The molecule has 2 aromatic rings. The van der Waals surface area contributed by atoms with Crippen LogP contribution in [-0.4, -0.2) is 29.2 Å². The molecule has 0 amide bonds. The highest BCUT2D eigenvalue weighted by molar-refractivity contribution is 5.43. The molecule has 0 spiro atoms. The first kappa shape index (κ1) is 15.7. The molecule has 1 saturated heterocycles. The molecule has 1 atom stereocenters. The van der Waals surface area contributed by atoms with E-state index in [-0.39, 0.29) is 0 Å². The largest absolute Gasteiger partial charge is 0.376 e. The van der Waals surface area contributed by atoms with E-state index >= 15 is 0 Å². The fourth-order valence-corrected chi connectivity index (χ4v) is 2.74. The monoisotopic (exact) mass is 312 g/mol. The molecule has 3 rings (SSSR count). The van der Waals surface area contributed by atoms with Crippen molar-refractivity contribution in [3.8, 4) is 0 Å². The lowest BCUT2D eigenvalue weighted by atomic mass is 10.1. The van der Waals surface area contributed by atoms with Crippen LogP contribution in [0.25, 0.3) is 0 Å². The first-order valence-electron chi connectivity index (χ1n) is 8.20. The Hall–Kier alpha value is -2.14. The number of aromatic nitrogens is 2. The second-order valence-corrected chi connectivity index (χ2v) is 6.01. The molecule has 2 N–H and O–H groups in total. The van der Waals surface area contributed by atoms with Gasteiger partial charge in [-0.25, -0.2) is 4.98 Å². The molecule has 1 aliphatic heterocycles. The number of hydrogen-bond donors (Lipinski definition) is 2. The third kappa shape index (κ3) is 4.42. The van der Waals surface area contributed by atoms with E-state index in [1.54, 1.807) is 0 Å². The van der Waals surface area contributed by atoms with Gasteiger partial charge < -0.3 is 15.4 Å². The van der Waals surface area contributed by atoms with Crippen molar-refractivity contribution in [2.24, 2.45) is 0 Å². The summed E-state index contributed by atoms with van der Waals surface area (Å²) in [5.74, 6) is 1.50. The Morgan fingerprint density at radius 1 is 1.17 bits per heavy atom. The van der Waals surface area contributed by atoms with Crippen LogP contribution in [0.1, 0.15) is 29.7 Å². The third-order valence-corrected chi connectivity index (χ3v) is 4.09. The maximum absolute atomic E-state index is 5.63. The number of aryl methyl sites for hydroxylation is 2. The molecule has 0 radical (unpaired) electrons. The topological polar surface area (TPSA) is 59.1 Å². The highest BCUT2D eigenvalue weighted by Gasteiger charge is 2.15.